The molecule has 1 aliphatic rings. The molecule has 1 aliphatic heterocycles. The Labute approximate surface area is 91.7 Å². The molecule has 1 aromatic heterocycles. The molecular formula is C8H15N3O5. The van der Waals surface area contributed by atoms with E-state index in [-0.39, 0.29) is 12.6 Å². The first-order valence-corrected chi connectivity index (χ1v) is 5.11. The van der Waals surface area contributed by atoms with Crippen LogP contribution in [0.5, 0.6) is 0 Å². The highest BCUT2D eigenvalue weighted by atomic mass is 17.0. The maximum absolute atomic E-state index is 10.6. The number of carbonyl (C=O) groups is 1. The van der Waals surface area contributed by atoms with Gasteiger partial charge in [0.1, 0.15) is 5.02 Å². The number of nitrogens with zero attached hydrogens (tertiary/aromatic N) is 3. The Kier molecular flexibility index (Phi) is 2.82. The van der Waals surface area contributed by atoms with E-state index in [1.54, 1.807) is 11.9 Å². The summed E-state index contributed by atoms with van der Waals surface area (Å²) in [5, 5.41) is 11.9. The van der Waals surface area contributed by atoms with Crippen LogP contribution in [-0.4, -0.2) is 46.5 Å². The Balaban J connectivity index is 1.78. The van der Waals surface area contributed by atoms with Crippen molar-refractivity contribution in [3.63, 3.8) is 0 Å². The zero-order chi connectivity index (χ0) is 11.7. The van der Waals surface area contributed by atoms with Crippen molar-refractivity contribution in [2.45, 2.75) is 32.6 Å². The summed E-state index contributed by atoms with van der Waals surface area (Å²) in [7, 11) is 0. The number of aromatic nitrogens is 2. The second-order valence-corrected chi connectivity index (χ2v) is 3.64. The van der Waals surface area contributed by atoms with E-state index in [1.807, 2.05) is 0 Å². The van der Waals surface area contributed by atoms with Crippen LogP contribution in [0.1, 0.15) is 20.3 Å². The molecule has 0 aliphatic carbocycles. The number of rotatable bonds is 5. The Morgan fingerprint density at radius 1 is 1.69 bits per heavy atom. The molecule has 0 spiro atoms. The van der Waals surface area contributed by atoms with Crippen molar-refractivity contribution >= 4 is 5.97 Å². The fourth-order valence-corrected chi connectivity index (χ4v) is 1.47. The maximum Gasteiger partial charge on any atom is 0.305 e. The zero-order valence-corrected chi connectivity index (χ0v) is 9.20. The first kappa shape index (κ1) is 10.9. The van der Waals surface area contributed by atoms with E-state index in [0.717, 1.165) is 18.0 Å². The maximum atomic E-state index is 10.6. The summed E-state index contributed by atoms with van der Waals surface area (Å²) < 4.78 is 9.73. The van der Waals surface area contributed by atoms with Crippen LogP contribution in [0.15, 0.2) is 4.63 Å². The lowest BCUT2D eigenvalue weighted by atomic mass is 10.1. The van der Waals surface area contributed by atoms with Crippen LogP contribution in [0.25, 0.3) is 0 Å². The van der Waals surface area contributed by atoms with E-state index in [2.05, 4.69) is 0 Å². The molecule has 0 radical (unpaired) electrons. The summed E-state index contributed by atoms with van der Waals surface area (Å²) in [6, 6.07) is 0.0673. The number of aliphatic hydroxyl groups excluding tert-OH is 1. The van der Waals surface area contributed by atoms with Crippen LogP contribution in [0, 0.1) is 0 Å². The van der Waals surface area contributed by atoms with Crippen LogP contribution in [-0.2, 0) is 9.53 Å². The van der Waals surface area contributed by atoms with Crippen molar-refractivity contribution in [3.05, 3.63) is 0 Å². The molecule has 1 N–H and O–H groups in total. The topological polar surface area (TPSA) is 82.0 Å². The normalized spacial score (nSPS) is 21.7. The lowest BCUT2D eigenvalue weighted by Crippen LogP contribution is -2.55. The minimum absolute atomic E-state index is 0.0673. The Hall–Kier alpha value is -1.57. The molecule has 8 heteroatoms. The summed E-state index contributed by atoms with van der Waals surface area (Å²) in [4.78, 5) is 17.1. The third-order valence-electron chi connectivity index (χ3n) is 2.37. The monoisotopic (exact) mass is 233 g/mol. The number of esters is 1. The molecule has 1 aromatic rings. The fourth-order valence-electron chi connectivity index (χ4n) is 1.47. The summed E-state index contributed by atoms with van der Waals surface area (Å²) in [5.41, 5.74) is 0. The number of hydrogen-bond donors (Lipinski definition) is 1. The van der Waals surface area contributed by atoms with E-state index in [4.69, 9.17) is 19.3 Å². The number of aliphatic hydroxyl groups is 1. The largest absolute Gasteiger partial charge is 0.423 e. The summed E-state index contributed by atoms with van der Waals surface area (Å²) in [6.45, 7) is 3.76. The first-order valence-electron chi connectivity index (χ1n) is 5.11. The van der Waals surface area contributed by atoms with Gasteiger partial charge < -0.3 is 14.7 Å². The fraction of sp³-hybridized carbons (Fsp3) is 0.875. The van der Waals surface area contributed by atoms with Gasteiger partial charge in [-0.05, 0) is 6.42 Å². The predicted molar refractivity (Wildman–Crippen MR) is 51.1 cm³/mol. The molecule has 2 atom stereocenters. The van der Waals surface area contributed by atoms with Gasteiger partial charge >= 0.3 is 5.97 Å². The molecule has 1 unspecified atom stereocenters. The summed E-state index contributed by atoms with van der Waals surface area (Å²) >= 11 is 0. The first-order chi connectivity index (χ1) is 7.61. The SMILES string of the molecule is CC(=O)OC(C)On1on1N1CC[C@H]1CO. The molecule has 2 rings (SSSR count). The Morgan fingerprint density at radius 3 is 2.94 bits per heavy atom. The van der Waals surface area contributed by atoms with Crippen LogP contribution in [0.2, 0.25) is 0 Å². The van der Waals surface area contributed by atoms with Crippen LogP contribution in [0.3, 0.4) is 0 Å². The van der Waals surface area contributed by atoms with Gasteiger partial charge in [-0.1, -0.05) is 0 Å². The number of hydrogen-bond acceptors (Lipinski definition) is 6. The molecule has 92 valence electrons. The van der Waals surface area contributed by atoms with Crippen LogP contribution < -0.4 is 9.85 Å². The molecule has 1 saturated heterocycles. The van der Waals surface area contributed by atoms with E-state index < -0.39 is 12.3 Å². The van der Waals surface area contributed by atoms with Gasteiger partial charge in [0.15, 0.2) is 0 Å². The minimum Gasteiger partial charge on any atom is -0.423 e. The second-order valence-electron chi connectivity index (χ2n) is 3.64. The van der Waals surface area contributed by atoms with E-state index in [1.165, 1.54) is 11.9 Å². The molecule has 1 fully saturated rings. The lowest BCUT2D eigenvalue weighted by Gasteiger charge is -2.35. The van der Waals surface area contributed by atoms with Gasteiger partial charge in [0, 0.05) is 20.4 Å². The van der Waals surface area contributed by atoms with Gasteiger partial charge in [0.2, 0.25) is 0 Å². The quantitative estimate of drug-likeness (QED) is 0.514. The number of carbonyl (C=O) groups excluding carboxylic acids is 1. The highest BCUT2D eigenvalue weighted by molar-refractivity contribution is 5.65. The summed E-state index contributed by atoms with van der Waals surface area (Å²) in [6.07, 6.45) is 0.209. The van der Waals surface area contributed by atoms with Gasteiger partial charge in [-0.25, -0.2) is 0 Å². The van der Waals surface area contributed by atoms with Gasteiger partial charge in [-0.2, -0.15) is 4.63 Å². The minimum atomic E-state index is -0.712. The molecule has 0 bridgehead atoms. The zero-order valence-electron chi connectivity index (χ0n) is 9.20. The smallest absolute Gasteiger partial charge is 0.305 e. The average Bonchev–Trinajstić information content (AvgIpc) is 2.81. The van der Waals surface area contributed by atoms with E-state index >= 15 is 0 Å². The van der Waals surface area contributed by atoms with Crippen molar-refractivity contribution in [3.8, 4) is 0 Å². The average molecular weight is 233 g/mol. The van der Waals surface area contributed by atoms with Gasteiger partial charge in [0.25, 0.3) is 6.29 Å². The van der Waals surface area contributed by atoms with Gasteiger partial charge in [-0.3, -0.25) is 9.80 Å². The molecule has 0 aromatic carbocycles. The molecule has 2 heterocycles. The van der Waals surface area contributed by atoms with E-state index in [0.29, 0.717) is 0 Å². The highest BCUT2D eigenvalue weighted by Crippen LogP contribution is 2.17. The predicted octanol–water partition coefficient (Wildman–Crippen LogP) is -1.08. The lowest BCUT2D eigenvalue weighted by molar-refractivity contribution is -0.178. The van der Waals surface area contributed by atoms with Crippen LogP contribution in [0.4, 0.5) is 0 Å². The van der Waals surface area contributed by atoms with Crippen molar-refractivity contribution in [1.82, 2.24) is 9.98 Å². The highest BCUT2D eigenvalue weighted by Gasteiger charge is 2.35. The number of ether oxygens (including phenoxy) is 1. The summed E-state index contributed by atoms with van der Waals surface area (Å²) in [5.74, 6) is -0.418. The third kappa shape index (κ3) is 2.16. The second kappa shape index (κ2) is 4.12. The Morgan fingerprint density at radius 2 is 2.44 bits per heavy atom. The van der Waals surface area contributed by atoms with Crippen molar-refractivity contribution in [2.75, 3.05) is 18.2 Å². The van der Waals surface area contributed by atoms with Crippen molar-refractivity contribution in [1.29, 1.82) is 0 Å². The molecule has 0 saturated carbocycles. The molecule has 16 heavy (non-hydrogen) atoms. The third-order valence-corrected chi connectivity index (χ3v) is 2.37. The Bertz CT molecular complexity index is 352. The van der Waals surface area contributed by atoms with Gasteiger partial charge in [-0.15, -0.1) is 0 Å². The molecule has 8 nitrogen and oxygen atoms in total. The molecular weight excluding hydrogens is 218 g/mol. The van der Waals surface area contributed by atoms with Crippen LogP contribution >= 0.6 is 0 Å². The van der Waals surface area contributed by atoms with E-state index in [9.17, 15) is 4.79 Å². The van der Waals surface area contributed by atoms with Gasteiger partial charge in [0.05, 0.1) is 17.6 Å². The van der Waals surface area contributed by atoms with Crippen molar-refractivity contribution in [2.24, 2.45) is 0 Å². The van der Waals surface area contributed by atoms with Crippen molar-refractivity contribution < 1.29 is 24.1 Å². The molecule has 0 amide bonds. The standard InChI is InChI=1S/C8H15N3O5/c1-6(13)14-7(2)15-11-10(16-11)9-4-3-8(9)5-12/h7-8,12H,3-5H2,1-2H3/t7?,8-,10?,11?/m0/s1.